The van der Waals surface area contributed by atoms with Crippen LogP contribution in [0.3, 0.4) is 0 Å². The molecule has 1 amide bonds. The zero-order valence-corrected chi connectivity index (χ0v) is 14.1. The maximum absolute atomic E-state index is 12.4. The first-order chi connectivity index (χ1) is 11.6. The zero-order chi connectivity index (χ0) is 17.1. The van der Waals surface area contributed by atoms with Gasteiger partial charge < -0.3 is 0 Å². The summed E-state index contributed by atoms with van der Waals surface area (Å²) in [5, 5.41) is 4.94. The number of hydrogen-bond acceptors (Lipinski definition) is 3. The Labute approximate surface area is 145 Å². The van der Waals surface area contributed by atoms with Crippen LogP contribution in [0, 0.1) is 13.8 Å². The van der Waals surface area contributed by atoms with E-state index in [-0.39, 0.29) is 5.91 Å². The first-order valence-electron chi connectivity index (χ1n) is 7.49. The molecule has 0 aliphatic carbocycles. The molecule has 0 aliphatic rings. The van der Waals surface area contributed by atoms with E-state index in [0.29, 0.717) is 16.3 Å². The van der Waals surface area contributed by atoms with Crippen LogP contribution >= 0.6 is 11.6 Å². The van der Waals surface area contributed by atoms with Crippen molar-refractivity contribution in [2.45, 2.75) is 13.8 Å². The Hall–Kier alpha value is -2.79. The number of hydrazine groups is 1. The number of nitrogens with one attached hydrogen (secondary N) is 2. The Morgan fingerprint density at radius 1 is 1.12 bits per heavy atom. The third-order valence-electron chi connectivity index (χ3n) is 3.75. The van der Waals surface area contributed by atoms with Gasteiger partial charge >= 0.3 is 0 Å². The Kier molecular flexibility index (Phi) is 4.53. The molecule has 6 heteroatoms. The van der Waals surface area contributed by atoms with Crippen molar-refractivity contribution in [2.24, 2.45) is 0 Å². The van der Waals surface area contributed by atoms with E-state index in [0.717, 1.165) is 16.9 Å². The Morgan fingerprint density at radius 3 is 2.58 bits per heavy atom. The third-order valence-corrected chi connectivity index (χ3v) is 4.15. The second-order valence-electron chi connectivity index (χ2n) is 5.43. The van der Waals surface area contributed by atoms with Gasteiger partial charge in [-0.2, -0.15) is 5.10 Å². The number of amides is 1. The summed E-state index contributed by atoms with van der Waals surface area (Å²) in [5.74, 6) is -0.258. The summed E-state index contributed by atoms with van der Waals surface area (Å²) in [6.45, 7) is 3.78. The molecule has 0 radical (unpaired) electrons. The number of halogens is 1. The quantitative estimate of drug-likeness (QED) is 0.708. The topological polar surface area (TPSA) is 58.9 Å². The molecule has 0 atom stereocenters. The monoisotopic (exact) mass is 340 g/mol. The normalized spacial score (nSPS) is 10.5. The van der Waals surface area contributed by atoms with Gasteiger partial charge in [-0.25, -0.2) is 4.68 Å². The number of anilines is 1. The van der Waals surface area contributed by atoms with E-state index in [1.54, 1.807) is 16.9 Å². The van der Waals surface area contributed by atoms with Gasteiger partial charge in [0.15, 0.2) is 0 Å². The second-order valence-corrected chi connectivity index (χ2v) is 5.84. The fourth-order valence-electron chi connectivity index (χ4n) is 2.33. The van der Waals surface area contributed by atoms with E-state index in [1.165, 1.54) is 0 Å². The van der Waals surface area contributed by atoms with Crippen LogP contribution in [0.25, 0.3) is 5.69 Å². The smallest absolute Gasteiger partial charge is 0.273 e. The number of carbonyl (C=O) groups is 1. The summed E-state index contributed by atoms with van der Waals surface area (Å²) in [4.78, 5) is 12.4. The van der Waals surface area contributed by atoms with Crippen molar-refractivity contribution in [3.8, 4) is 5.69 Å². The van der Waals surface area contributed by atoms with Gasteiger partial charge in [0.1, 0.15) is 0 Å². The number of benzene rings is 2. The first-order valence-corrected chi connectivity index (χ1v) is 7.86. The van der Waals surface area contributed by atoms with Gasteiger partial charge in [-0.3, -0.25) is 15.6 Å². The minimum Gasteiger partial charge on any atom is -0.298 e. The lowest BCUT2D eigenvalue weighted by molar-refractivity contribution is 0.0962. The van der Waals surface area contributed by atoms with Gasteiger partial charge in [-0.15, -0.1) is 0 Å². The van der Waals surface area contributed by atoms with Gasteiger partial charge in [0, 0.05) is 5.02 Å². The molecule has 1 heterocycles. The zero-order valence-electron chi connectivity index (χ0n) is 13.4. The molecule has 122 valence electrons. The summed E-state index contributed by atoms with van der Waals surface area (Å²) in [7, 11) is 0. The standard InChI is InChI=1S/C18H17ClN4O/c1-12-8-9-14(10-17(12)19)21-22-18(24)16-11-20-23(13(16)2)15-6-4-3-5-7-15/h3-11,21H,1-2H3,(H,22,24). The van der Waals surface area contributed by atoms with Crippen LogP contribution in [0.4, 0.5) is 5.69 Å². The molecule has 2 aromatic carbocycles. The molecule has 3 rings (SSSR count). The summed E-state index contributed by atoms with van der Waals surface area (Å²) >= 11 is 6.08. The van der Waals surface area contributed by atoms with E-state index in [2.05, 4.69) is 16.0 Å². The van der Waals surface area contributed by atoms with E-state index in [4.69, 9.17) is 11.6 Å². The molecule has 0 spiro atoms. The minimum absolute atomic E-state index is 0.258. The first kappa shape index (κ1) is 16.1. The van der Waals surface area contributed by atoms with Crippen molar-refractivity contribution in [3.05, 3.63) is 76.6 Å². The Morgan fingerprint density at radius 2 is 1.88 bits per heavy atom. The number of hydrogen-bond donors (Lipinski definition) is 2. The molecule has 2 N–H and O–H groups in total. The van der Waals surface area contributed by atoms with E-state index < -0.39 is 0 Å². The summed E-state index contributed by atoms with van der Waals surface area (Å²) in [6.07, 6.45) is 1.56. The highest BCUT2D eigenvalue weighted by Crippen LogP contribution is 2.19. The number of rotatable bonds is 4. The minimum atomic E-state index is -0.258. The fraction of sp³-hybridized carbons (Fsp3) is 0.111. The number of para-hydroxylation sites is 1. The molecule has 0 bridgehead atoms. The summed E-state index contributed by atoms with van der Waals surface area (Å²) < 4.78 is 1.73. The van der Waals surface area contributed by atoms with E-state index >= 15 is 0 Å². The fourth-order valence-corrected chi connectivity index (χ4v) is 2.51. The van der Waals surface area contributed by atoms with E-state index in [9.17, 15) is 4.79 Å². The maximum Gasteiger partial charge on any atom is 0.273 e. The lowest BCUT2D eigenvalue weighted by atomic mass is 10.2. The van der Waals surface area contributed by atoms with Crippen molar-refractivity contribution < 1.29 is 4.79 Å². The Balaban J connectivity index is 1.74. The number of aryl methyl sites for hydroxylation is 1. The molecular weight excluding hydrogens is 324 g/mol. The van der Waals surface area contributed by atoms with Gasteiger partial charge in [0.05, 0.1) is 28.8 Å². The van der Waals surface area contributed by atoms with Gasteiger partial charge in [-0.05, 0) is 43.7 Å². The molecule has 0 saturated heterocycles. The highest BCUT2D eigenvalue weighted by Gasteiger charge is 2.14. The predicted molar refractivity (Wildman–Crippen MR) is 95.6 cm³/mol. The van der Waals surface area contributed by atoms with Crippen LogP contribution in [-0.4, -0.2) is 15.7 Å². The van der Waals surface area contributed by atoms with Crippen molar-refractivity contribution in [2.75, 3.05) is 5.43 Å². The predicted octanol–water partition coefficient (Wildman–Crippen LogP) is 3.90. The molecule has 3 aromatic rings. The molecule has 0 saturated carbocycles. The second kappa shape index (κ2) is 6.76. The molecule has 5 nitrogen and oxygen atoms in total. The molecule has 0 aliphatic heterocycles. The number of nitrogens with zero attached hydrogens (tertiary/aromatic N) is 2. The summed E-state index contributed by atoms with van der Waals surface area (Å²) in [6, 6.07) is 15.2. The van der Waals surface area contributed by atoms with E-state index in [1.807, 2.05) is 56.3 Å². The van der Waals surface area contributed by atoms with Crippen molar-refractivity contribution in [3.63, 3.8) is 0 Å². The molecule has 0 fully saturated rings. The SMILES string of the molecule is Cc1ccc(NNC(=O)c2cnn(-c3ccccc3)c2C)cc1Cl. The maximum atomic E-state index is 12.4. The van der Waals surface area contributed by atoms with Crippen LogP contribution in [0.1, 0.15) is 21.6 Å². The van der Waals surface area contributed by atoms with Crippen molar-refractivity contribution in [1.29, 1.82) is 0 Å². The van der Waals surface area contributed by atoms with Crippen LogP contribution in [0.15, 0.2) is 54.7 Å². The van der Waals surface area contributed by atoms with Gasteiger partial charge in [0.2, 0.25) is 0 Å². The lowest BCUT2D eigenvalue weighted by Crippen LogP contribution is -2.29. The van der Waals surface area contributed by atoms with Crippen LogP contribution in [0.2, 0.25) is 5.02 Å². The number of carbonyl (C=O) groups excluding carboxylic acids is 1. The average Bonchev–Trinajstić information content (AvgIpc) is 2.98. The Bertz CT molecular complexity index is 874. The van der Waals surface area contributed by atoms with Gasteiger partial charge in [0.25, 0.3) is 5.91 Å². The van der Waals surface area contributed by atoms with Gasteiger partial charge in [-0.1, -0.05) is 35.9 Å². The van der Waals surface area contributed by atoms with Crippen molar-refractivity contribution in [1.82, 2.24) is 15.2 Å². The third kappa shape index (κ3) is 3.26. The average molecular weight is 341 g/mol. The highest BCUT2D eigenvalue weighted by molar-refractivity contribution is 6.31. The largest absolute Gasteiger partial charge is 0.298 e. The molecule has 1 aromatic heterocycles. The molecule has 0 unspecified atom stereocenters. The highest BCUT2D eigenvalue weighted by atomic mass is 35.5. The van der Waals surface area contributed by atoms with Crippen molar-refractivity contribution >= 4 is 23.2 Å². The van der Waals surface area contributed by atoms with Crippen LogP contribution in [0.5, 0.6) is 0 Å². The lowest BCUT2D eigenvalue weighted by Gasteiger charge is -2.10. The van der Waals surface area contributed by atoms with Crippen LogP contribution < -0.4 is 10.9 Å². The van der Waals surface area contributed by atoms with Crippen LogP contribution in [-0.2, 0) is 0 Å². The molecular formula is C18H17ClN4O. The molecule has 24 heavy (non-hydrogen) atoms. The number of aromatic nitrogens is 2. The summed E-state index contributed by atoms with van der Waals surface area (Å²) in [5.41, 5.74) is 9.41.